The summed E-state index contributed by atoms with van der Waals surface area (Å²) in [5.74, 6) is 0.430. The lowest BCUT2D eigenvalue weighted by atomic mass is 10.2. The highest BCUT2D eigenvalue weighted by Gasteiger charge is 2.04. The SMILES string of the molecule is COC(=O)c1ccc(OCCc2cccs2)cc1. The summed E-state index contributed by atoms with van der Waals surface area (Å²) in [5, 5.41) is 2.06. The molecule has 0 fully saturated rings. The number of methoxy groups -OCH3 is 1. The number of ether oxygens (including phenoxy) is 2. The molecule has 0 aliphatic carbocycles. The van der Waals surface area contributed by atoms with Crippen molar-refractivity contribution in [3.8, 4) is 5.75 Å². The molecule has 1 aromatic carbocycles. The molecule has 4 heteroatoms. The zero-order valence-corrected chi connectivity index (χ0v) is 10.9. The highest BCUT2D eigenvalue weighted by molar-refractivity contribution is 7.09. The fourth-order valence-corrected chi connectivity index (χ4v) is 2.22. The summed E-state index contributed by atoms with van der Waals surface area (Å²) in [5.41, 5.74) is 0.531. The van der Waals surface area contributed by atoms with Gasteiger partial charge < -0.3 is 9.47 Å². The van der Waals surface area contributed by atoms with E-state index in [9.17, 15) is 4.79 Å². The second-order valence-electron chi connectivity index (χ2n) is 3.69. The second-order valence-corrected chi connectivity index (χ2v) is 4.73. The Morgan fingerprint density at radius 3 is 2.61 bits per heavy atom. The summed E-state index contributed by atoms with van der Waals surface area (Å²) in [6, 6.07) is 11.1. The van der Waals surface area contributed by atoms with Crippen LogP contribution in [0.25, 0.3) is 0 Å². The van der Waals surface area contributed by atoms with Crippen molar-refractivity contribution in [3.05, 3.63) is 52.2 Å². The first-order valence-corrected chi connectivity index (χ1v) is 6.51. The van der Waals surface area contributed by atoms with E-state index in [4.69, 9.17) is 4.74 Å². The maximum absolute atomic E-state index is 11.2. The Kier molecular flexibility index (Phi) is 4.36. The lowest BCUT2D eigenvalue weighted by molar-refractivity contribution is 0.0600. The highest BCUT2D eigenvalue weighted by atomic mass is 32.1. The number of carbonyl (C=O) groups excluding carboxylic acids is 1. The molecule has 2 rings (SSSR count). The van der Waals surface area contributed by atoms with E-state index in [2.05, 4.69) is 16.2 Å². The Morgan fingerprint density at radius 1 is 1.22 bits per heavy atom. The van der Waals surface area contributed by atoms with Crippen molar-refractivity contribution in [2.75, 3.05) is 13.7 Å². The van der Waals surface area contributed by atoms with E-state index in [-0.39, 0.29) is 5.97 Å². The van der Waals surface area contributed by atoms with Gasteiger partial charge in [-0.15, -0.1) is 11.3 Å². The van der Waals surface area contributed by atoms with Crippen LogP contribution in [-0.2, 0) is 11.2 Å². The van der Waals surface area contributed by atoms with Gasteiger partial charge in [0, 0.05) is 11.3 Å². The smallest absolute Gasteiger partial charge is 0.337 e. The summed E-state index contributed by atoms with van der Waals surface area (Å²) >= 11 is 1.73. The van der Waals surface area contributed by atoms with Crippen LogP contribution in [0.15, 0.2) is 41.8 Å². The Morgan fingerprint density at radius 2 is 2.00 bits per heavy atom. The molecular weight excluding hydrogens is 248 g/mol. The standard InChI is InChI=1S/C14H14O3S/c1-16-14(15)11-4-6-12(7-5-11)17-9-8-13-3-2-10-18-13/h2-7,10H,8-9H2,1H3. The summed E-state index contributed by atoms with van der Waals surface area (Å²) < 4.78 is 10.2. The number of esters is 1. The largest absolute Gasteiger partial charge is 0.493 e. The van der Waals surface area contributed by atoms with Crippen LogP contribution in [0.3, 0.4) is 0 Å². The lowest BCUT2D eigenvalue weighted by Gasteiger charge is -2.05. The molecule has 0 aliphatic heterocycles. The van der Waals surface area contributed by atoms with Crippen molar-refractivity contribution < 1.29 is 14.3 Å². The summed E-state index contributed by atoms with van der Waals surface area (Å²) in [6.45, 7) is 0.637. The van der Waals surface area contributed by atoms with Gasteiger partial charge in [-0.25, -0.2) is 4.79 Å². The van der Waals surface area contributed by atoms with Gasteiger partial charge in [0.05, 0.1) is 19.3 Å². The molecule has 3 nitrogen and oxygen atoms in total. The minimum absolute atomic E-state index is 0.333. The van der Waals surface area contributed by atoms with Gasteiger partial charge in [0.1, 0.15) is 5.75 Å². The van der Waals surface area contributed by atoms with Crippen LogP contribution >= 0.6 is 11.3 Å². The molecule has 0 unspecified atom stereocenters. The molecule has 0 atom stereocenters. The third-order valence-electron chi connectivity index (χ3n) is 2.47. The van der Waals surface area contributed by atoms with E-state index in [0.717, 1.165) is 12.2 Å². The molecule has 0 radical (unpaired) electrons. The van der Waals surface area contributed by atoms with E-state index in [1.807, 2.05) is 6.07 Å². The fourth-order valence-electron chi connectivity index (χ4n) is 1.53. The van der Waals surface area contributed by atoms with Crippen LogP contribution in [-0.4, -0.2) is 19.7 Å². The van der Waals surface area contributed by atoms with E-state index in [1.54, 1.807) is 35.6 Å². The molecule has 94 valence electrons. The minimum Gasteiger partial charge on any atom is -0.493 e. The van der Waals surface area contributed by atoms with Crippen molar-refractivity contribution in [2.24, 2.45) is 0 Å². The third kappa shape index (κ3) is 3.34. The zero-order chi connectivity index (χ0) is 12.8. The average Bonchev–Trinajstić information content (AvgIpc) is 2.92. The molecular formula is C14H14O3S. The number of carbonyl (C=O) groups is 1. The van der Waals surface area contributed by atoms with Crippen LogP contribution in [0.4, 0.5) is 0 Å². The molecule has 1 aromatic heterocycles. The minimum atomic E-state index is -0.333. The molecule has 18 heavy (non-hydrogen) atoms. The summed E-state index contributed by atoms with van der Waals surface area (Å²) in [6.07, 6.45) is 0.899. The number of thiophene rings is 1. The maximum Gasteiger partial charge on any atom is 0.337 e. The average molecular weight is 262 g/mol. The van der Waals surface area contributed by atoms with Crippen LogP contribution < -0.4 is 4.74 Å². The molecule has 0 saturated heterocycles. The van der Waals surface area contributed by atoms with Crippen LogP contribution in [0.5, 0.6) is 5.75 Å². The monoisotopic (exact) mass is 262 g/mol. The van der Waals surface area contributed by atoms with Crippen molar-refractivity contribution in [2.45, 2.75) is 6.42 Å². The molecule has 0 N–H and O–H groups in total. The first-order chi connectivity index (χ1) is 8.79. The van der Waals surface area contributed by atoms with Gasteiger partial charge in [-0.2, -0.15) is 0 Å². The van der Waals surface area contributed by atoms with Gasteiger partial charge in [0.15, 0.2) is 0 Å². The maximum atomic E-state index is 11.2. The molecule has 0 spiro atoms. The van der Waals surface area contributed by atoms with Crippen molar-refractivity contribution in [1.82, 2.24) is 0 Å². The molecule has 2 aromatic rings. The van der Waals surface area contributed by atoms with E-state index in [1.165, 1.54) is 12.0 Å². The Balaban J connectivity index is 1.85. The summed E-state index contributed by atoms with van der Waals surface area (Å²) in [7, 11) is 1.37. The zero-order valence-electron chi connectivity index (χ0n) is 10.1. The van der Waals surface area contributed by atoms with E-state index < -0.39 is 0 Å². The molecule has 0 bridgehead atoms. The number of benzene rings is 1. The van der Waals surface area contributed by atoms with Gasteiger partial charge in [-0.3, -0.25) is 0 Å². The Bertz CT molecular complexity index is 488. The first kappa shape index (κ1) is 12.6. The third-order valence-corrected chi connectivity index (χ3v) is 3.41. The van der Waals surface area contributed by atoms with Gasteiger partial charge in [0.2, 0.25) is 0 Å². The fraction of sp³-hybridized carbons (Fsp3) is 0.214. The number of hydrogen-bond donors (Lipinski definition) is 0. The molecule has 0 saturated carbocycles. The topological polar surface area (TPSA) is 35.5 Å². The second kappa shape index (κ2) is 6.21. The molecule has 0 aliphatic rings. The Hall–Kier alpha value is -1.81. The van der Waals surface area contributed by atoms with Crippen LogP contribution in [0, 0.1) is 0 Å². The number of hydrogen-bond acceptors (Lipinski definition) is 4. The van der Waals surface area contributed by atoms with Crippen molar-refractivity contribution >= 4 is 17.3 Å². The van der Waals surface area contributed by atoms with E-state index in [0.29, 0.717) is 12.2 Å². The molecule has 0 amide bonds. The predicted molar refractivity (Wildman–Crippen MR) is 71.3 cm³/mol. The normalized spacial score (nSPS) is 10.1. The Labute approximate surface area is 110 Å². The summed E-state index contributed by atoms with van der Waals surface area (Å²) in [4.78, 5) is 12.5. The van der Waals surface area contributed by atoms with Crippen molar-refractivity contribution in [1.29, 1.82) is 0 Å². The molecule has 1 heterocycles. The quantitative estimate of drug-likeness (QED) is 0.776. The van der Waals surface area contributed by atoms with Gasteiger partial charge >= 0.3 is 5.97 Å². The van der Waals surface area contributed by atoms with Gasteiger partial charge in [-0.05, 0) is 35.7 Å². The first-order valence-electron chi connectivity index (χ1n) is 5.63. The lowest BCUT2D eigenvalue weighted by Crippen LogP contribution is -2.02. The van der Waals surface area contributed by atoms with Crippen molar-refractivity contribution in [3.63, 3.8) is 0 Å². The van der Waals surface area contributed by atoms with Gasteiger partial charge in [-0.1, -0.05) is 6.07 Å². The van der Waals surface area contributed by atoms with E-state index >= 15 is 0 Å². The van der Waals surface area contributed by atoms with Gasteiger partial charge in [0.25, 0.3) is 0 Å². The predicted octanol–water partition coefficient (Wildman–Crippen LogP) is 3.16. The number of rotatable bonds is 5. The van der Waals surface area contributed by atoms with Crippen LogP contribution in [0.1, 0.15) is 15.2 Å². The van der Waals surface area contributed by atoms with Crippen LogP contribution in [0.2, 0.25) is 0 Å². The highest BCUT2D eigenvalue weighted by Crippen LogP contribution is 2.14.